The molecule has 20 heavy (non-hydrogen) atoms. The molecule has 1 aromatic heterocycles. The van der Waals surface area contributed by atoms with Crippen LogP contribution in [0.3, 0.4) is 0 Å². The van der Waals surface area contributed by atoms with E-state index in [0.29, 0.717) is 17.8 Å². The van der Waals surface area contributed by atoms with Gasteiger partial charge in [-0.2, -0.15) is 0 Å². The molecule has 1 aliphatic carbocycles. The molecule has 1 aliphatic heterocycles. The summed E-state index contributed by atoms with van der Waals surface area (Å²) in [7, 11) is 0. The number of aromatic nitrogens is 1. The van der Waals surface area contributed by atoms with Crippen LogP contribution in [0.15, 0.2) is 10.6 Å². The Bertz CT molecular complexity index is 467. The smallest absolute Gasteiger partial charge is 0.150 e. The zero-order valence-electron chi connectivity index (χ0n) is 12.8. The minimum absolute atomic E-state index is 0.344. The van der Waals surface area contributed by atoms with Crippen LogP contribution in [-0.4, -0.2) is 33.9 Å². The molecule has 1 N–H and O–H groups in total. The molecule has 0 radical (unpaired) electrons. The van der Waals surface area contributed by atoms with Crippen molar-refractivity contribution < 1.29 is 9.63 Å². The molecule has 2 atom stereocenters. The molecular weight excluding hydrogens is 252 g/mol. The third-order valence-corrected chi connectivity index (χ3v) is 5.05. The molecule has 1 saturated heterocycles. The normalized spacial score (nSPS) is 31.9. The molecule has 0 aromatic carbocycles. The van der Waals surface area contributed by atoms with Gasteiger partial charge in [-0.05, 0) is 37.0 Å². The molecule has 1 saturated carbocycles. The van der Waals surface area contributed by atoms with E-state index in [-0.39, 0.29) is 0 Å². The highest BCUT2D eigenvalue weighted by atomic mass is 16.5. The van der Waals surface area contributed by atoms with Crippen LogP contribution in [0.5, 0.6) is 0 Å². The molecular formula is C16H26N2O2. The standard InChI is InChI=1S/C16H26N2O2/c1-11(2)15-8-14(20-17-15)10-18-7-6-16(19,12(3)9-18)13-4-5-13/h8,11-13,19H,4-7,9-10H2,1-3H3/t12-,16+/m1/s1. The van der Waals surface area contributed by atoms with E-state index in [1.54, 1.807) is 0 Å². The first-order chi connectivity index (χ1) is 9.49. The highest BCUT2D eigenvalue weighted by Gasteiger charge is 2.49. The van der Waals surface area contributed by atoms with E-state index in [4.69, 9.17) is 4.52 Å². The molecule has 0 amide bonds. The molecule has 2 fully saturated rings. The van der Waals surface area contributed by atoms with Crippen LogP contribution >= 0.6 is 0 Å². The van der Waals surface area contributed by atoms with E-state index < -0.39 is 5.60 Å². The van der Waals surface area contributed by atoms with Crippen molar-refractivity contribution in [3.05, 3.63) is 17.5 Å². The molecule has 0 bridgehead atoms. The predicted molar refractivity (Wildman–Crippen MR) is 77.3 cm³/mol. The van der Waals surface area contributed by atoms with Crippen LogP contribution in [0, 0.1) is 11.8 Å². The molecule has 0 spiro atoms. The summed E-state index contributed by atoms with van der Waals surface area (Å²) < 4.78 is 5.42. The average molecular weight is 278 g/mol. The fourth-order valence-corrected chi connectivity index (χ4v) is 3.45. The fourth-order valence-electron chi connectivity index (χ4n) is 3.45. The second kappa shape index (κ2) is 5.15. The minimum Gasteiger partial charge on any atom is -0.389 e. The number of piperidine rings is 1. The van der Waals surface area contributed by atoms with Crippen LogP contribution < -0.4 is 0 Å². The number of hydrogen-bond acceptors (Lipinski definition) is 4. The van der Waals surface area contributed by atoms with E-state index in [1.807, 2.05) is 0 Å². The van der Waals surface area contributed by atoms with Gasteiger partial charge in [-0.25, -0.2) is 0 Å². The summed E-state index contributed by atoms with van der Waals surface area (Å²) in [5.74, 6) is 2.25. The lowest BCUT2D eigenvalue weighted by Crippen LogP contribution is -2.51. The summed E-state index contributed by atoms with van der Waals surface area (Å²) in [6, 6.07) is 2.07. The summed E-state index contributed by atoms with van der Waals surface area (Å²) in [6.45, 7) is 9.15. The lowest BCUT2D eigenvalue weighted by atomic mass is 9.78. The van der Waals surface area contributed by atoms with Gasteiger partial charge in [-0.3, -0.25) is 4.90 Å². The van der Waals surface area contributed by atoms with Gasteiger partial charge in [0.1, 0.15) is 0 Å². The SMILES string of the molecule is CC(C)c1cc(CN2CC[C@@](O)(C3CC3)[C@H](C)C2)on1. The van der Waals surface area contributed by atoms with Crippen LogP contribution in [-0.2, 0) is 6.54 Å². The Balaban J connectivity index is 1.59. The molecule has 4 heteroatoms. The molecule has 1 aromatic rings. The third kappa shape index (κ3) is 2.63. The van der Waals surface area contributed by atoms with Crippen LogP contribution in [0.25, 0.3) is 0 Å². The van der Waals surface area contributed by atoms with Gasteiger partial charge in [-0.15, -0.1) is 0 Å². The zero-order chi connectivity index (χ0) is 14.3. The number of likely N-dealkylation sites (tertiary alicyclic amines) is 1. The lowest BCUT2D eigenvalue weighted by molar-refractivity contribution is -0.0842. The van der Waals surface area contributed by atoms with Gasteiger partial charge < -0.3 is 9.63 Å². The van der Waals surface area contributed by atoms with Crippen molar-refractivity contribution in [2.45, 2.75) is 58.1 Å². The third-order valence-electron chi connectivity index (χ3n) is 5.05. The summed E-state index contributed by atoms with van der Waals surface area (Å²) in [4.78, 5) is 2.38. The summed E-state index contributed by atoms with van der Waals surface area (Å²) in [5.41, 5.74) is 0.612. The minimum atomic E-state index is -0.416. The highest BCUT2D eigenvalue weighted by molar-refractivity contribution is 5.09. The van der Waals surface area contributed by atoms with Crippen molar-refractivity contribution in [1.82, 2.24) is 10.1 Å². The predicted octanol–water partition coefficient (Wildman–Crippen LogP) is 2.78. The first-order valence-corrected chi connectivity index (χ1v) is 7.89. The molecule has 2 aliphatic rings. The van der Waals surface area contributed by atoms with Crippen molar-refractivity contribution in [1.29, 1.82) is 0 Å². The topological polar surface area (TPSA) is 49.5 Å². The van der Waals surface area contributed by atoms with Crippen LogP contribution in [0.2, 0.25) is 0 Å². The van der Waals surface area contributed by atoms with Crippen molar-refractivity contribution >= 4 is 0 Å². The highest BCUT2D eigenvalue weighted by Crippen LogP contribution is 2.47. The van der Waals surface area contributed by atoms with Crippen LogP contribution in [0.1, 0.15) is 57.4 Å². The van der Waals surface area contributed by atoms with Gasteiger partial charge in [0.05, 0.1) is 17.8 Å². The zero-order valence-corrected chi connectivity index (χ0v) is 12.8. The second-order valence-corrected chi connectivity index (χ2v) is 7.02. The Morgan fingerprint density at radius 3 is 2.80 bits per heavy atom. The Kier molecular flexibility index (Phi) is 3.63. The van der Waals surface area contributed by atoms with E-state index in [1.165, 1.54) is 12.8 Å². The molecule has 3 rings (SSSR count). The van der Waals surface area contributed by atoms with Crippen molar-refractivity contribution in [2.75, 3.05) is 13.1 Å². The van der Waals surface area contributed by atoms with Crippen LogP contribution in [0.4, 0.5) is 0 Å². The number of nitrogens with zero attached hydrogens (tertiary/aromatic N) is 2. The molecule has 0 unspecified atom stereocenters. The largest absolute Gasteiger partial charge is 0.389 e. The van der Waals surface area contributed by atoms with Gasteiger partial charge in [0, 0.05) is 19.2 Å². The van der Waals surface area contributed by atoms with Gasteiger partial charge in [-0.1, -0.05) is 25.9 Å². The van der Waals surface area contributed by atoms with Gasteiger partial charge in [0.15, 0.2) is 5.76 Å². The number of hydrogen-bond donors (Lipinski definition) is 1. The molecule has 112 valence electrons. The molecule has 4 nitrogen and oxygen atoms in total. The maximum atomic E-state index is 10.8. The van der Waals surface area contributed by atoms with Gasteiger partial charge >= 0.3 is 0 Å². The van der Waals surface area contributed by atoms with Gasteiger partial charge in [0.2, 0.25) is 0 Å². The average Bonchev–Trinajstić information content (AvgIpc) is 3.15. The quantitative estimate of drug-likeness (QED) is 0.920. The fraction of sp³-hybridized carbons (Fsp3) is 0.812. The maximum Gasteiger partial charge on any atom is 0.150 e. The number of aliphatic hydroxyl groups is 1. The summed E-state index contributed by atoms with van der Waals surface area (Å²) >= 11 is 0. The van der Waals surface area contributed by atoms with Crippen molar-refractivity contribution in [3.63, 3.8) is 0 Å². The maximum absolute atomic E-state index is 10.8. The van der Waals surface area contributed by atoms with Crippen molar-refractivity contribution in [3.8, 4) is 0 Å². The molecule has 2 heterocycles. The Labute approximate surface area is 121 Å². The second-order valence-electron chi connectivity index (χ2n) is 7.02. The summed E-state index contributed by atoms with van der Waals surface area (Å²) in [6.07, 6.45) is 3.31. The number of rotatable bonds is 4. The first kappa shape index (κ1) is 14.1. The Morgan fingerprint density at radius 1 is 1.50 bits per heavy atom. The van der Waals surface area contributed by atoms with Crippen molar-refractivity contribution in [2.24, 2.45) is 11.8 Å². The van der Waals surface area contributed by atoms with E-state index in [2.05, 4.69) is 36.9 Å². The lowest BCUT2D eigenvalue weighted by Gasteiger charge is -2.43. The van der Waals surface area contributed by atoms with E-state index >= 15 is 0 Å². The van der Waals surface area contributed by atoms with E-state index in [9.17, 15) is 5.11 Å². The summed E-state index contributed by atoms with van der Waals surface area (Å²) in [5, 5.41) is 14.9. The van der Waals surface area contributed by atoms with E-state index in [0.717, 1.165) is 37.5 Å². The first-order valence-electron chi connectivity index (χ1n) is 7.89. The van der Waals surface area contributed by atoms with Gasteiger partial charge in [0.25, 0.3) is 0 Å². The Morgan fingerprint density at radius 2 is 2.25 bits per heavy atom. The monoisotopic (exact) mass is 278 g/mol. The Hall–Kier alpha value is -0.870.